The standard InChI is InChI=1S/C17H23FN2O/c1-4-20(12-15-8-6-10-21-15)17-14(11-19-13(2)3)7-5-9-16(17)18/h5-10,13,19H,4,11-12H2,1-3H3. The Morgan fingerprint density at radius 1 is 1.24 bits per heavy atom. The summed E-state index contributed by atoms with van der Waals surface area (Å²) in [6, 6.07) is 9.37. The van der Waals surface area contributed by atoms with Gasteiger partial charge in [-0.1, -0.05) is 26.0 Å². The van der Waals surface area contributed by atoms with Crippen molar-refractivity contribution in [2.45, 2.75) is 39.9 Å². The van der Waals surface area contributed by atoms with Crippen molar-refractivity contribution in [2.24, 2.45) is 0 Å². The Morgan fingerprint density at radius 3 is 2.67 bits per heavy atom. The van der Waals surface area contributed by atoms with E-state index in [0.29, 0.717) is 24.8 Å². The first-order valence-electron chi connectivity index (χ1n) is 7.40. The maximum atomic E-state index is 14.3. The van der Waals surface area contributed by atoms with Crippen molar-refractivity contribution in [2.75, 3.05) is 11.4 Å². The second-order valence-corrected chi connectivity index (χ2v) is 5.38. The van der Waals surface area contributed by atoms with Crippen LogP contribution in [-0.4, -0.2) is 12.6 Å². The highest BCUT2D eigenvalue weighted by Gasteiger charge is 2.16. The predicted molar refractivity (Wildman–Crippen MR) is 83.8 cm³/mol. The van der Waals surface area contributed by atoms with Gasteiger partial charge in [-0.05, 0) is 30.7 Å². The molecule has 0 fully saturated rings. The van der Waals surface area contributed by atoms with Gasteiger partial charge in [0.1, 0.15) is 11.6 Å². The van der Waals surface area contributed by atoms with Crippen LogP contribution in [0.3, 0.4) is 0 Å². The Bertz CT molecular complexity index is 552. The summed E-state index contributed by atoms with van der Waals surface area (Å²) in [5.74, 6) is 0.648. The van der Waals surface area contributed by atoms with Crippen LogP contribution in [0, 0.1) is 5.82 Å². The zero-order valence-electron chi connectivity index (χ0n) is 12.9. The second kappa shape index (κ2) is 7.27. The van der Waals surface area contributed by atoms with Gasteiger partial charge in [0.2, 0.25) is 0 Å². The van der Waals surface area contributed by atoms with E-state index in [2.05, 4.69) is 19.2 Å². The first-order chi connectivity index (χ1) is 10.1. The summed E-state index contributed by atoms with van der Waals surface area (Å²) in [5, 5.41) is 3.35. The van der Waals surface area contributed by atoms with E-state index in [1.54, 1.807) is 12.3 Å². The highest BCUT2D eigenvalue weighted by Crippen LogP contribution is 2.26. The third-order valence-electron chi connectivity index (χ3n) is 3.40. The fraction of sp³-hybridized carbons (Fsp3) is 0.412. The van der Waals surface area contributed by atoms with Crippen LogP contribution in [0.2, 0.25) is 0 Å². The van der Waals surface area contributed by atoms with Crippen molar-refractivity contribution < 1.29 is 8.81 Å². The predicted octanol–water partition coefficient (Wildman–Crippen LogP) is 3.94. The van der Waals surface area contributed by atoms with E-state index in [1.165, 1.54) is 6.07 Å². The van der Waals surface area contributed by atoms with Crippen LogP contribution in [0.5, 0.6) is 0 Å². The Hall–Kier alpha value is -1.81. The van der Waals surface area contributed by atoms with E-state index in [0.717, 1.165) is 17.9 Å². The molecule has 1 heterocycles. The van der Waals surface area contributed by atoms with E-state index < -0.39 is 0 Å². The molecule has 1 N–H and O–H groups in total. The van der Waals surface area contributed by atoms with Crippen LogP contribution in [0.4, 0.5) is 10.1 Å². The number of furan rings is 1. The molecule has 0 aliphatic heterocycles. The molecule has 1 aromatic heterocycles. The van der Waals surface area contributed by atoms with E-state index in [-0.39, 0.29) is 5.82 Å². The molecule has 0 unspecified atom stereocenters. The zero-order chi connectivity index (χ0) is 15.2. The summed E-state index contributed by atoms with van der Waals surface area (Å²) < 4.78 is 19.7. The minimum Gasteiger partial charge on any atom is -0.467 e. The maximum absolute atomic E-state index is 14.3. The molecule has 0 atom stereocenters. The number of para-hydroxylation sites is 1. The van der Waals surface area contributed by atoms with Crippen LogP contribution in [-0.2, 0) is 13.1 Å². The van der Waals surface area contributed by atoms with Gasteiger partial charge in [0.15, 0.2) is 0 Å². The Balaban J connectivity index is 2.26. The van der Waals surface area contributed by atoms with Crippen LogP contribution >= 0.6 is 0 Å². The monoisotopic (exact) mass is 290 g/mol. The van der Waals surface area contributed by atoms with Gasteiger partial charge in [0.25, 0.3) is 0 Å². The molecule has 4 heteroatoms. The highest BCUT2D eigenvalue weighted by atomic mass is 19.1. The number of nitrogens with one attached hydrogen (secondary N) is 1. The Morgan fingerprint density at radius 2 is 2.05 bits per heavy atom. The lowest BCUT2D eigenvalue weighted by Crippen LogP contribution is -2.27. The number of nitrogens with zero attached hydrogens (tertiary/aromatic N) is 1. The molecule has 0 saturated heterocycles. The first kappa shape index (κ1) is 15.6. The van der Waals surface area contributed by atoms with Gasteiger partial charge in [0.05, 0.1) is 18.5 Å². The van der Waals surface area contributed by atoms with Crippen molar-refractivity contribution in [3.63, 3.8) is 0 Å². The lowest BCUT2D eigenvalue weighted by Gasteiger charge is -2.26. The van der Waals surface area contributed by atoms with Gasteiger partial charge < -0.3 is 14.6 Å². The van der Waals surface area contributed by atoms with E-state index >= 15 is 0 Å². The molecule has 3 nitrogen and oxygen atoms in total. The molecular weight excluding hydrogens is 267 g/mol. The smallest absolute Gasteiger partial charge is 0.146 e. The van der Waals surface area contributed by atoms with Crippen LogP contribution in [0.25, 0.3) is 0 Å². The Labute approximate surface area is 125 Å². The van der Waals surface area contributed by atoms with Gasteiger partial charge in [-0.15, -0.1) is 0 Å². The molecule has 1 aromatic carbocycles. The van der Waals surface area contributed by atoms with Crippen LogP contribution in [0.1, 0.15) is 32.1 Å². The minimum atomic E-state index is -0.188. The lowest BCUT2D eigenvalue weighted by molar-refractivity contribution is 0.500. The number of hydrogen-bond donors (Lipinski definition) is 1. The topological polar surface area (TPSA) is 28.4 Å². The van der Waals surface area contributed by atoms with Crippen LogP contribution in [0.15, 0.2) is 41.0 Å². The molecular formula is C17H23FN2O. The van der Waals surface area contributed by atoms with Gasteiger partial charge in [-0.25, -0.2) is 4.39 Å². The molecule has 2 rings (SSSR count). The number of anilines is 1. The summed E-state index contributed by atoms with van der Waals surface area (Å²) in [4.78, 5) is 2.01. The summed E-state index contributed by atoms with van der Waals surface area (Å²) in [5.41, 5.74) is 1.63. The van der Waals surface area contributed by atoms with Crippen molar-refractivity contribution in [1.29, 1.82) is 0 Å². The molecule has 0 aliphatic carbocycles. The van der Waals surface area contributed by atoms with Gasteiger partial charge in [0, 0.05) is 19.1 Å². The number of halogens is 1. The number of hydrogen-bond acceptors (Lipinski definition) is 3. The quantitative estimate of drug-likeness (QED) is 0.837. The molecule has 0 aliphatic rings. The third kappa shape index (κ3) is 4.08. The highest BCUT2D eigenvalue weighted by molar-refractivity contribution is 5.55. The molecule has 21 heavy (non-hydrogen) atoms. The van der Waals surface area contributed by atoms with Gasteiger partial charge in [-0.2, -0.15) is 0 Å². The van der Waals surface area contributed by atoms with Crippen molar-refractivity contribution in [3.05, 3.63) is 53.7 Å². The molecule has 114 valence electrons. The summed E-state index contributed by atoms with van der Waals surface area (Å²) in [6.07, 6.45) is 1.64. The maximum Gasteiger partial charge on any atom is 0.146 e. The Kier molecular flexibility index (Phi) is 5.39. The van der Waals surface area contributed by atoms with Crippen molar-refractivity contribution in [1.82, 2.24) is 5.32 Å². The fourth-order valence-electron chi connectivity index (χ4n) is 2.31. The molecule has 0 amide bonds. The molecule has 0 saturated carbocycles. The van der Waals surface area contributed by atoms with E-state index in [9.17, 15) is 4.39 Å². The molecule has 0 bridgehead atoms. The average molecular weight is 290 g/mol. The molecule has 0 radical (unpaired) electrons. The van der Waals surface area contributed by atoms with E-state index in [4.69, 9.17) is 4.42 Å². The molecule has 0 spiro atoms. The lowest BCUT2D eigenvalue weighted by atomic mass is 10.1. The van der Waals surface area contributed by atoms with Crippen molar-refractivity contribution in [3.8, 4) is 0 Å². The average Bonchev–Trinajstić information content (AvgIpc) is 2.96. The molecule has 2 aromatic rings. The normalized spacial score (nSPS) is 11.1. The zero-order valence-corrected chi connectivity index (χ0v) is 12.9. The van der Waals surface area contributed by atoms with Crippen molar-refractivity contribution >= 4 is 5.69 Å². The van der Waals surface area contributed by atoms with Gasteiger partial charge >= 0.3 is 0 Å². The second-order valence-electron chi connectivity index (χ2n) is 5.38. The largest absolute Gasteiger partial charge is 0.467 e. The fourth-order valence-corrected chi connectivity index (χ4v) is 2.31. The number of benzene rings is 1. The summed E-state index contributed by atoms with van der Waals surface area (Å²) >= 11 is 0. The first-order valence-corrected chi connectivity index (χ1v) is 7.40. The number of rotatable bonds is 7. The van der Waals surface area contributed by atoms with Crippen LogP contribution < -0.4 is 10.2 Å². The minimum absolute atomic E-state index is 0.188. The van der Waals surface area contributed by atoms with Gasteiger partial charge in [-0.3, -0.25) is 0 Å². The van der Waals surface area contributed by atoms with E-state index in [1.807, 2.05) is 30.0 Å². The third-order valence-corrected chi connectivity index (χ3v) is 3.40. The summed E-state index contributed by atoms with van der Waals surface area (Å²) in [6.45, 7) is 8.13. The SMILES string of the molecule is CCN(Cc1ccco1)c1c(F)cccc1CNC(C)C. The summed E-state index contributed by atoms with van der Waals surface area (Å²) in [7, 11) is 0.